The normalized spacial score (nSPS) is 11.6. The van der Waals surface area contributed by atoms with Crippen LogP contribution in [0.3, 0.4) is 0 Å². The number of carbonyl (C=O) groups excluding carboxylic acids is 1. The second-order valence-electron chi connectivity index (χ2n) is 6.92. The van der Waals surface area contributed by atoms with Crippen molar-refractivity contribution in [3.63, 3.8) is 0 Å². The van der Waals surface area contributed by atoms with Crippen molar-refractivity contribution in [3.05, 3.63) is 102 Å². The molecule has 0 aromatic heterocycles. The van der Waals surface area contributed by atoms with Crippen LogP contribution in [0.2, 0.25) is 0 Å². The quantitative estimate of drug-likeness (QED) is 0.539. The molecular weight excluding hydrogens is 346 g/mol. The second-order valence-corrected chi connectivity index (χ2v) is 6.92. The van der Waals surface area contributed by atoms with E-state index in [0.29, 0.717) is 13.1 Å². The zero-order valence-corrected chi connectivity index (χ0v) is 16.5. The van der Waals surface area contributed by atoms with E-state index in [-0.39, 0.29) is 11.8 Å². The van der Waals surface area contributed by atoms with Gasteiger partial charge < -0.3 is 9.64 Å². The molecule has 0 aliphatic carbocycles. The molecule has 28 heavy (non-hydrogen) atoms. The lowest BCUT2D eigenvalue weighted by Crippen LogP contribution is -2.30. The highest BCUT2D eigenvalue weighted by molar-refractivity contribution is 5.73. The minimum Gasteiger partial charge on any atom is -0.496 e. The van der Waals surface area contributed by atoms with E-state index in [4.69, 9.17) is 4.74 Å². The van der Waals surface area contributed by atoms with Gasteiger partial charge in [-0.05, 0) is 23.6 Å². The molecule has 0 spiro atoms. The fourth-order valence-corrected chi connectivity index (χ4v) is 3.58. The van der Waals surface area contributed by atoms with Crippen LogP contribution in [0.5, 0.6) is 5.75 Å². The lowest BCUT2D eigenvalue weighted by molar-refractivity contribution is -0.129. The van der Waals surface area contributed by atoms with E-state index in [1.54, 1.807) is 14.0 Å². The summed E-state index contributed by atoms with van der Waals surface area (Å²) in [6.07, 6.45) is 0.830. The molecule has 0 unspecified atom stereocenters. The van der Waals surface area contributed by atoms with Crippen molar-refractivity contribution in [2.24, 2.45) is 0 Å². The van der Waals surface area contributed by atoms with Gasteiger partial charge in [-0.25, -0.2) is 0 Å². The largest absolute Gasteiger partial charge is 0.496 e. The van der Waals surface area contributed by atoms with Crippen molar-refractivity contribution in [3.8, 4) is 5.75 Å². The van der Waals surface area contributed by atoms with Crippen LogP contribution in [0.15, 0.2) is 84.9 Å². The van der Waals surface area contributed by atoms with E-state index < -0.39 is 0 Å². The maximum Gasteiger partial charge on any atom is 0.219 e. The van der Waals surface area contributed by atoms with Crippen molar-refractivity contribution in [1.82, 2.24) is 4.90 Å². The maximum atomic E-state index is 12.3. The third-order valence-corrected chi connectivity index (χ3v) is 5.07. The van der Waals surface area contributed by atoms with E-state index in [0.717, 1.165) is 23.3 Å². The standard InChI is InChI=1S/C25H27NO2/c1-20(27)26(19-21-11-5-3-6-12-21)18-17-23(22-13-7-4-8-14-22)24-15-9-10-16-25(24)28-2/h3-16,23H,17-19H2,1-2H3/t23-/m1/s1. The number of methoxy groups -OCH3 is 1. The zero-order valence-electron chi connectivity index (χ0n) is 16.5. The van der Waals surface area contributed by atoms with Crippen LogP contribution >= 0.6 is 0 Å². The molecule has 3 heteroatoms. The zero-order chi connectivity index (χ0) is 19.8. The molecule has 3 aromatic carbocycles. The van der Waals surface area contributed by atoms with Crippen LogP contribution in [-0.4, -0.2) is 24.5 Å². The van der Waals surface area contributed by atoms with Crippen molar-refractivity contribution in [1.29, 1.82) is 0 Å². The Labute approximate surface area is 167 Å². The Kier molecular flexibility index (Phi) is 6.85. The summed E-state index contributed by atoms with van der Waals surface area (Å²) in [7, 11) is 1.71. The molecule has 1 atom stereocenters. The molecular formula is C25H27NO2. The van der Waals surface area contributed by atoms with Crippen molar-refractivity contribution < 1.29 is 9.53 Å². The monoisotopic (exact) mass is 373 g/mol. The van der Waals surface area contributed by atoms with E-state index in [9.17, 15) is 4.79 Å². The van der Waals surface area contributed by atoms with Gasteiger partial charge in [0.1, 0.15) is 5.75 Å². The average molecular weight is 373 g/mol. The Morgan fingerprint density at radius 3 is 2.14 bits per heavy atom. The molecule has 0 aliphatic rings. The van der Waals surface area contributed by atoms with Gasteiger partial charge in [-0.1, -0.05) is 78.9 Å². The van der Waals surface area contributed by atoms with Gasteiger partial charge in [0.15, 0.2) is 0 Å². The number of ether oxygens (including phenoxy) is 1. The number of benzene rings is 3. The van der Waals surface area contributed by atoms with Gasteiger partial charge in [0.25, 0.3) is 0 Å². The number of nitrogens with zero attached hydrogens (tertiary/aromatic N) is 1. The van der Waals surface area contributed by atoms with Crippen LogP contribution in [0.1, 0.15) is 36.0 Å². The average Bonchev–Trinajstić information content (AvgIpc) is 2.74. The molecule has 3 aromatic rings. The van der Waals surface area contributed by atoms with Gasteiger partial charge >= 0.3 is 0 Å². The predicted octanol–water partition coefficient (Wildman–Crippen LogP) is 5.27. The van der Waals surface area contributed by atoms with Crippen molar-refractivity contribution in [2.75, 3.05) is 13.7 Å². The molecule has 0 aliphatic heterocycles. The number of rotatable bonds is 8. The first-order chi connectivity index (χ1) is 13.7. The molecule has 0 radical (unpaired) electrons. The van der Waals surface area contributed by atoms with Gasteiger partial charge in [0, 0.05) is 31.5 Å². The maximum absolute atomic E-state index is 12.3. The molecule has 144 valence electrons. The summed E-state index contributed by atoms with van der Waals surface area (Å²) in [5.41, 5.74) is 3.53. The van der Waals surface area contributed by atoms with Crippen LogP contribution in [0.25, 0.3) is 0 Å². The third kappa shape index (κ3) is 5.01. The third-order valence-electron chi connectivity index (χ3n) is 5.07. The van der Waals surface area contributed by atoms with Gasteiger partial charge in [-0.3, -0.25) is 4.79 Å². The van der Waals surface area contributed by atoms with E-state index >= 15 is 0 Å². The summed E-state index contributed by atoms with van der Waals surface area (Å²) in [5, 5.41) is 0. The Balaban J connectivity index is 1.83. The first kappa shape index (κ1) is 19.7. The molecule has 0 bridgehead atoms. The number of amides is 1. The molecule has 0 saturated heterocycles. The van der Waals surface area contributed by atoms with Gasteiger partial charge in [0.2, 0.25) is 5.91 Å². The minimum absolute atomic E-state index is 0.0932. The molecule has 0 saturated carbocycles. The predicted molar refractivity (Wildman–Crippen MR) is 113 cm³/mol. The fraction of sp³-hybridized carbons (Fsp3) is 0.240. The van der Waals surface area contributed by atoms with Crippen LogP contribution in [-0.2, 0) is 11.3 Å². The highest BCUT2D eigenvalue weighted by Crippen LogP contribution is 2.34. The SMILES string of the molecule is COc1ccccc1[C@H](CCN(Cc1ccccc1)C(C)=O)c1ccccc1. The molecule has 3 rings (SSSR count). The summed E-state index contributed by atoms with van der Waals surface area (Å²) in [5.74, 6) is 1.14. The minimum atomic E-state index is 0.0932. The molecule has 3 nitrogen and oxygen atoms in total. The van der Waals surface area contributed by atoms with E-state index in [1.807, 2.05) is 47.4 Å². The molecule has 0 fully saturated rings. The van der Waals surface area contributed by atoms with Gasteiger partial charge in [-0.15, -0.1) is 0 Å². The lowest BCUT2D eigenvalue weighted by atomic mass is 9.87. The number of hydrogen-bond acceptors (Lipinski definition) is 2. The molecule has 1 amide bonds. The highest BCUT2D eigenvalue weighted by Gasteiger charge is 2.20. The number of carbonyl (C=O) groups is 1. The van der Waals surface area contributed by atoms with Crippen LogP contribution < -0.4 is 4.74 Å². The summed E-state index contributed by atoms with van der Waals surface area (Å²) >= 11 is 0. The molecule has 0 N–H and O–H groups in total. The number of para-hydroxylation sites is 1. The van der Waals surface area contributed by atoms with Crippen molar-refractivity contribution in [2.45, 2.75) is 25.8 Å². The van der Waals surface area contributed by atoms with Crippen LogP contribution in [0.4, 0.5) is 0 Å². The van der Waals surface area contributed by atoms with Gasteiger partial charge in [-0.2, -0.15) is 0 Å². The summed E-state index contributed by atoms with van der Waals surface area (Å²) in [4.78, 5) is 14.2. The Morgan fingerprint density at radius 2 is 1.50 bits per heavy atom. The lowest BCUT2D eigenvalue weighted by Gasteiger charge is -2.26. The molecule has 0 heterocycles. The van der Waals surface area contributed by atoms with E-state index in [1.165, 1.54) is 5.56 Å². The Bertz CT molecular complexity index is 877. The summed E-state index contributed by atoms with van der Waals surface area (Å²) in [6, 6.07) is 28.7. The Morgan fingerprint density at radius 1 is 0.893 bits per heavy atom. The van der Waals surface area contributed by atoms with Gasteiger partial charge in [0.05, 0.1) is 7.11 Å². The van der Waals surface area contributed by atoms with E-state index in [2.05, 4.69) is 42.5 Å². The Hall–Kier alpha value is -3.07. The first-order valence-corrected chi connectivity index (χ1v) is 9.66. The number of hydrogen-bond donors (Lipinski definition) is 0. The van der Waals surface area contributed by atoms with Crippen molar-refractivity contribution >= 4 is 5.91 Å². The summed E-state index contributed by atoms with van der Waals surface area (Å²) in [6.45, 7) is 2.95. The topological polar surface area (TPSA) is 29.5 Å². The van der Waals surface area contributed by atoms with Crippen LogP contribution in [0, 0.1) is 0 Å². The fourth-order valence-electron chi connectivity index (χ4n) is 3.58. The highest BCUT2D eigenvalue weighted by atomic mass is 16.5. The summed E-state index contributed by atoms with van der Waals surface area (Å²) < 4.78 is 5.62. The first-order valence-electron chi connectivity index (χ1n) is 9.66. The smallest absolute Gasteiger partial charge is 0.219 e. The second kappa shape index (κ2) is 9.75.